The third kappa shape index (κ3) is 3.68. The fourth-order valence-electron chi connectivity index (χ4n) is 4.36. The zero-order valence-corrected chi connectivity index (χ0v) is 17.7. The first-order valence-corrected chi connectivity index (χ1v) is 10.5. The maximum Gasteiger partial charge on any atom is 0.255 e. The number of nitrogens with one attached hydrogen (secondary N) is 1. The van der Waals surface area contributed by atoms with Crippen LogP contribution in [0.25, 0.3) is 16.5 Å². The fourth-order valence-corrected chi connectivity index (χ4v) is 4.36. The van der Waals surface area contributed by atoms with Gasteiger partial charge in [0, 0.05) is 48.1 Å². The Labute approximate surface area is 189 Å². The first-order chi connectivity index (χ1) is 15.9. The van der Waals surface area contributed by atoms with Crippen LogP contribution in [0.2, 0.25) is 0 Å². The van der Waals surface area contributed by atoms with E-state index in [0.29, 0.717) is 23.4 Å². The van der Waals surface area contributed by atoms with E-state index in [0.717, 1.165) is 21.9 Å². The Bertz CT molecular complexity index is 1330. The van der Waals surface area contributed by atoms with Crippen LogP contribution in [0.3, 0.4) is 0 Å². The number of nitrogens with two attached hydrogens (primary N) is 2. The molecule has 2 aliphatic heterocycles. The molecular weight excluding hydrogens is 420 g/mol. The average molecular weight is 442 g/mol. The number of nitrogens with zero attached hydrogens (tertiary/aromatic N) is 3. The standard InChI is InChI=1S/C24H22N6O3/c25-20(19-11-27-10-14-3-1-2-4-17(14)19)13-30(26)16-5-6-18-15(9-16)12-29(24(18)33)21-7-8-22(31)28-23(21)32/h1-6,9-11,13,21H,7-8,12,25-26H2,(H,28,31,32)/b20-13-. The van der Waals surface area contributed by atoms with Crippen molar-refractivity contribution in [3.63, 3.8) is 0 Å². The van der Waals surface area contributed by atoms with Crippen molar-refractivity contribution in [3.05, 3.63) is 77.7 Å². The Morgan fingerprint density at radius 3 is 2.79 bits per heavy atom. The van der Waals surface area contributed by atoms with Crippen molar-refractivity contribution in [1.29, 1.82) is 0 Å². The summed E-state index contributed by atoms with van der Waals surface area (Å²) in [6.07, 6.45) is 5.61. The van der Waals surface area contributed by atoms with Crippen LogP contribution in [0.1, 0.15) is 34.3 Å². The lowest BCUT2D eigenvalue weighted by Gasteiger charge is -2.29. The van der Waals surface area contributed by atoms with E-state index < -0.39 is 11.9 Å². The van der Waals surface area contributed by atoms with E-state index in [4.69, 9.17) is 11.6 Å². The number of piperidine rings is 1. The van der Waals surface area contributed by atoms with Gasteiger partial charge < -0.3 is 10.6 Å². The predicted molar refractivity (Wildman–Crippen MR) is 123 cm³/mol. The molecule has 0 radical (unpaired) electrons. The number of hydrogen-bond acceptors (Lipinski definition) is 7. The highest BCUT2D eigenvalue weighted by Crippen LogP contribution is 2.30. The van der Waals surface area contributed by atoms with Gasteiger partial charge in [-0.05, 0) is 35.6 Å². The van der Waals surface area contributed by atoms with Crippen LogP contribution in [-0.2, 0) is 16.1 Å². The van der Waals surface area contributed by atoms with Gasteiger partial charge in [0.25, 0.3) is 5.91 Å². The van der Waals surface area contributed by atoms with Crippen LogP contribution >= 0.6 is 0 Å². The molecule has 3 aromatic rings. The number of amides is 3. The van der Waals surface area contributed by atoms with Crippen molar-refractivity contribution in [2.45, 2.75) is 25.4 Å². The minimum absolute atomic E-state index is 0.214. The predicted octanol–water partition coefficient (Wildman–Crippen LogP) is 1.63. The molecule has 0 aliphatic carbocycles. The first-order valence-electron chi connectivity index (χ1n) is 10.5. The Hall–Kier alpha value is -4.24. The van der Waals surface area contributed by atoms with Crippen molar-refractivity contribution in [3.8, 4) is 0 Å². The smallest absolute Gasteiger partial charge is 0.255 e. The van der Waals surface area contributed by atoms with E-state index in [1.165, 1.54) is 9.91 Å². The van der Waals surface area contributed by atoms with Crippen molar-refractivity contribution >= 4 is 39.9 Å². The largest absolute Gasteiger partial charge is 0.397 e. The zero-order valence-electron chi connectivity index (χ0n) is 17.7. The van der Waals surface area contributed by atoms with Crippen LogP contribution in [0.5, 0.6) is 0 Å². The quantitative estimate of drug-likeness (QED) is 0.318. The Morgan fingerprint density at radius 2 is 1.97 bits per heavy atom. The molecule has 0 bridgehead atoms. The van der Waals surface area contributed by atoms with E-state index >= 15 is 0 Å². The normalized spacial score (nSPS) is 18.5. The molecule has 1 fully saturated rings. The summed E-state index contributed by atoms with van der Waals surface area (Å²) in [6, 6.07) is 12.4. The molecule has 0 spiro atoms. The summed E-state index contributed by atoms with van der Waals surface area (Å²) >= 11 is 0. The van der Waals surface area contributed by atoms with Gasteiger partial charge in [-0.2, -0.15) is 0 Å². The average Bonchev–Trinajstić information content (AvgIpc) is 3.14. The summed E-state index contributed by atoms with van der Waals surface area (Å²) < 4.78 is 0. The lowest BCUT2D eigenvalue weighted by molar-refractivity contribution is -0.136. The monoisotopic (exact) mass is 442 g/mol. The van der Waals surface area contributed by atoms with E-state index in [9.17, 15) is 14.4 Å². The number of pyridine rings is 1. The van der Waals surface area contributed by atoms with Gasteiger partial charge in [-0.25, -0.2) is 5.84 Å². The summed E-state index contributed by atoms with van der Waals surface area (Å²) in [5, 5.41) is 5.64. The third-order valence-electron chi connectivity index (χ3n) is 6.06. The van der Waals surface area contributed by atoms with Crippen LogP contribution in [0, 0.1) is 0 Å². The molecule has 2 aromatic carbocycles. The Morgan fingerprint density at radius 1 is 1.15 bits per heavy atom. The van der Waals surface area contributed by atoms with Gasteiger partial charge in [0.1, 0.15) is 6.04 Å². The molecule has 1 unspecified atom stereocenters. The molecule has 1 aromatic heterocycles. The van der Waals surface area contributed by atoms with Gasteiger partial charge in [0.15, 0.2) is 0 Å². The topological polar surface area (TPSA) is 135 Å². The van der Waals surface area contributed by atoms with Crippen molar-refractivity contribution < 1.29 is 14.4 Å². The molecule has 3 amide bonds. The number of hydrogen-bond donors (Lipinski definition) is 3. The summed E-state index contributed by atoms with van der Waals surface area (Å²) in [5.41, 5.74) is 9.48. The molecular formula is C24H22N6O3. The molecule has 9 nitrogen and oxygen atoms in total. The highest BCUT2D eigenvalue weighted by molar-refractivity contribution is 6.05. The molecule has 9 heteroatoms. The zero-order chi connectivity index (χ0) is 23.1. The van der Waals surface area contributed by atoms with E-state index in [1.807, 2.05) is 30.3 Å². The SMILES string of the molecule is N/C(=C\N(N)c1ccc2c(c1)CN(C1CCC(=O)NC1=O)C2=O)c1cncc2ccccc12. The second-order valence-electron chi connectivity index (χ2n) is 8.14. The number of imide groups is 1. The second-order valence-corrected chi connectivity index (χ2v) is 8.14. The van der Waals surface area contributed by atoms with E-state index in [2.05, 4.69) is 10.3 Å². The fraction of sp³-hybridized carbons (Fsp3) is 0.167. The minimum Gasteiger partial charge on any atom is -0.397 e. The third-order valence-corrected chi connectivity index (χ3v) is 6.06. The van der Waals surface area contributed by atoms with Gasteiger partial charge in [-0.15, -0.1) is 0 Å². The molecule has 2 aliphatic rings. The minimum atomic E-state index is -0.658. The highest BCUT2D eigenvalue weighted by Gasteiger charge is 2.39. The number of rotatable bonds is 4. The summed E-state index contributed by atoms with van der Waals surface area (Å²) in [4.78, 5) is 42.3. The molecule has 1 atom stereocenters. The van der Waals surface area contributed by atoms with Crippen LogP contribution in [-0.4, -0.2) is 33.6 Å². The van der Waals surface area contributed by atoms with Crippen molar-refractivity contribution in [2.24, 2.45) is 11.6 Å². The van der Waals surface area contributed by atoms with Crippen LogP contribution < -0.4 is 21.9 Å². The number of carbonyl (C=O) groups is 3. The van der Waals surface area contributed by atoms with E-state index in [-0.39, 0.29) is 24.8 Å². The summed E-state index contributed by atoms with van der Waals surface area (Å²) in [6.45, 7) is 0.272. The maximum atomic E-state index is 12.9. The molecule has 5 rings (SSSR count). The van der Waals surface area contributed by atoms with E-state index in [1.54, 1.807) is 30.7 Å². The Kier molecular flexibility index (Phi) is 5.02. The number of aromatic nitrogens is 1. The van der Waals surface area contributed by atoms with Gasteiger partial charge >= 0.3 is 0 Å². The van der Waals surface area contributed by atoms with Gasteiger partial charge in [-0.3, -0.25) is 29.7 Å². The molecule has 0 saturated carbocycles. The Balaban J connectivity index is 1.39. The van der Waals surface area contributed by atoms with Gasteiger partial charge in [-0.1, -0.05) is 24.3 Å². The molecule has 5 N–H and O–H groups in total. The molecule has 3 heterocycles. The number of carbonyl (C=O) groups excluding carboxylic acids is 3. The molecule has 166 valence electrons. The lowest BCUT2D eigenvalue weighted by atomic mass is 10.0. The summed E-state index contributed by atoms with van der Waals surface area (Å²) in [7, 11) is 0. The first kappa shape index (κ1) is 20.7. The van der Waals surface area contributed by atoms with Gasteiger partial charge in [0.05, 0.1) is 11.4 Å². The van der Waals surface area contributed by atoms with Crippen molar-refractivity contribution in [1.82, 2.24) is 15.2 Å². The number of hydrazine groups is 1. The molecule has 33 heavy (non-hydrogen) atoms. The number of benzene rings is 2. The highest BCUT2D eigenvalue weighted by atomic mass is 16.2. The maximum absolute atomic E-state index is 12.9. The number of fused-ring (bicyclic) bond motifs is 2. The van der Waals surface area contributed by atoms with Crippen LogP contribution in [0.4, 0.5) is 5.69 Å². The van der Waals surface area contributed by atoms with Gasteiger partial charge in [0.2, 0.25) is 11.8 Å². The van der Waals surface area contributed by atoms with Crippen molar-refractivity contribution in [2.75, 3.05) is 5.01 Å². The lowest BCUT2D eigenvalue weighted by Crippen LogP contribution is -2.52. The second kappa shape index (κ2) is 8.03. The number of anilines is 1. The summed E-state index contributed by atoms with van der Waals surface area (Å²) in [5.74, 6) is 5.30. The van der Waals surface area contributed by atoms with Crippen LogP contribution in [0.15, 0.2) is 61.1 Å². The molecule has 1 saturated heterocycles.